The zero-order valence-corrected chi connectivity index (χ0v) is 16.9. The summed E-state index contributed by atoms with van der Waals surface area (Å²) in [5, 5.41) is 0. The highest BCUT2D eigenvalue weighted by Crippen LogP contribution is 2.33. The molecular weight excluding hydrogens is 414 g/mol. The fraction of sp³-hybridized carbons (Fsp3) is 0.0870. The van der Waals surface area contributed by atoms with Crippen LogP contribution in [0.3, 0.4) is 0 Å². The SMILES string of the molecule is Cc1cc(-n2c(=O)[nH]c(=O)n(-c3ccc4c(c3)OCO4)c2=O)ccc1Oc1ccccc1. The van der Waals surface area contributed by atoms with Crippen molar-refractivity contribution < 1.29 is 14.2 Å². The number of nitrogens with one attached hydrogen (secondary N) is 1. The summed E-state index contributed by atoms with van der Waals surface area (Å²) in [5.74, 6) is 2.16. The Morgan fingerprint density at radius 1 is 0.812 bits per heavy atom. The number of aromatic amines is 1. The Hall–Kier alpha value is -4.53. The number of fused-ring (bicyclic) bond motifs is 1. The van der Waals surface area contributed by atoms with Crippen molar-refractivity contribution in [2.24, 2.45) is 0 Å². The molecule has 160 valence electrons. The van der Waals surface area contributed by atoms with Gasteiger partial charge in [-0.1, -0.05) is 18.2 Å². The molecule has 2 heterocycles. The third kappa shape index (κ3) is 3.35. The van der Waals surface area contributed by atoms with Crippen LogP contribution in [0.4, 0.5) is 0 Å². The molecule has 32 heavy (non-hydrogen) atoms. The summed E-state index contributed by atoms with van der Waals surface area (Å²) in [5.41, 5.74) is -1.25. The highest BCUT2D eigenvalue weighted by molar-refractivity contribution is 5.50. The summed E-state index contributed by atoms with van der Waals surface area (Å²) in [6.45, 7) is 1.86. The number of benzene rings is 3. The first kappa shape index (κ1) is 19.4. The second kappa shape index (κ2) is 7.62. The van der Waals surface area contributed by atoms with Crippen LogP contribution in [0.15, 0.2) is 81.1 Å². The summed E-state index contributed by atoms with van der Waals surface area (Å²) >= 11 is 0. The summed E-state index contributed by atoms with van der Waals surface area (Å²) in [6.07, 6.45) is 0. The van der Waals surface area contributed by atoms with Gasteiger partial charge < -0.3 is 14.2 Å². The first-order valence-corrected chi connectivity index (χ1v) is 9.73. The lowest BCUT2D eigenvalue weighted by molar-refractivity contribution is 0.174. The number of rotatable bonds is 4. The van der Waals surface area contributed by atoms with Gasteiger partial charge in [-0.3, -0.25) is 4.98 Å². The van der Waals surface area contributed by atoms with Crippen molar-refractivity contribution in [2.45, 2.75) is 6.92 Å². The lowest BCUT2D eigenvalue weighted by Gasteiger charge is -2.12. The number of para-hydroxylation sites is 1. The lowest BCUT2D eigenvalue weighted by Crippen LogP contribution is -2.48. The van der Waals surface area contributed by atoms with Crippen LogP contribution in [0.2, 0.25) is 0 Å². The van der Waals surface area contributed by atoms with Gasteiger partial charge in [-0.2, -0.15) is 0 Å². The highest BCUT2D eigenvalue weighted by Gasteiger charge is 2.18. The van der Waals surface area contributed by atoms with E-state index in [0.29, 0.717) is 34.2 Å². The number of ether oxygens (including phenoxy) is 3. The van der Waals surface area contributed by atoms with Crippen molar-refractivity contribution in [3.05, 3.63) is 104 Å². The quantitative estimate of drug-likeness (QED) is 0.532. The van der Waals surface area contributed by atoms with Crippen LogP contribution in [0.25, 0.3) is 11.4 Å². The molecular formula is C23H17N3O6. The number of H-pyrrole nitrogens is 1. The van der Waals surface area contributed by atoms with Crippen molar-refractivity contribution in [1.82, 2.24) is 14.1 Å². The van der Waals surface area contributed by atoms with Gasteiger partial charge in [0, 0.05) is 6.07 Å². The van der Waals surface area contributed by atoms with Crippen molar-refractivity contribution in [1.29, 1.82) is 0 Å². The number of hydrogen-bond acceptors (Lipinski definition) is 6. The van der Waals surface area contributed by atoms with Crippen LogP contribution in [-0.4, -0.2) is 20.9 Å². The van der Waals surface area contributed by atoms with Crippen LogP contribution >= 0.6 is 0 Å². The molecule has 9 heteroatoms. The molecule has 0 aliphatic carbocycles. The van der Waals surface area contributed by atoms with Crippen LogP contribution < -0.4 is 31.3 Å². The Morgan fingerprint density at radius 2 is 1.47 bits per heavy atom. The van der Waals surface area contributed by atoms with E-state index in [9.17, 15) is 14.4 Å². The van der Waals surface area contributed by atoms with E-state index in [1.54, 1.807) is 37.3 Å². The first-order valence-electron chi connectivity index (χ1n) is 9.73. The Bertz CT molecular complexity index is 1500. The molecule has 4 aromatic rings. The average molecular weight is 431 g/mol. The molecule has 5 rings (SSSR count). The average Bonchev–Trinajstić information content (AvgIpc) is 3.24. The number of nitrogens with zero attached hydrogens (tertiary/aromatic N) is 2. The number of aryl methyl sites for hydroxylation is 1. The third-order valence-electron chi connectivity index (χ3n) is 5.00. The molecule has 3 aromatic carbocycles. The second-order valence-electron chi connectivity index (χ2n) is 7.09. The number of aromatic nitrogens is 3. The zero-order valence-electron chi connectivity index (χ0n) is 16.9. The summed E-state index contributed by atoms with van der Waals surface area (Å²) in [7, 11) is 0. The van der Waals surface area contributed by atoms with Crippen molar-refractivity contribution >= 4 is 0 Å². The van der Waals surface area contributed by atoms with E-state index >= 15 is 0 Å². The molecule has 0 saturated carbocycles. The van der Waals surface area contributed by atoms with Gasteiger partial charge in [-0.25, -0.2) is 23.5 Å². The monoisotopic (exact) mass is 431 g/mol. The van der Waals surface area contributed by atoms with Gasteiger partial charge in [0.05, 0.1) is 11.4 Å². The number of hydrogen-bond donors (Lipinski definition) is 1. The zero-order chi connectivity index (χ0) is 22.2. The maximum atomic E-state index is 13.2. The van der Waals surface area contributed by atoms with Crippen molar-refractivity contribution in [3.8, 4) is 34.4 Å². The maximum absolute atomic E-state index is 13.2. The fourth-order valence-corrected chi connectivity index (χ4v) is 3.46. The van der Waals surface area contributed by atoms with Crippen LogP contribution in [-0.2, 0) is 0 Å². The summed E-state index contributed by atoms with van der Waals surface area (Å²) < 4.78 is 18.2. The molecule has 1 aromatic heterocycles. The van der Waals surface area contributed by atoms with E-state index < -0.39 is 17.1 Å². The van der Waals surface area contributed by atoms with Crippen LogP contribution in [0.5, 0.6) is 23.0 Å². The maximum Gasteiger partial charge on any atom is 0.345 e. The predicted molar refractivity (Wildman–Crippen MR) is 116 cm³/mol. The Kier molecular flexibility index (Phi) is 4.63. The minimum absolute atomic E-state index is 0.0558. The molecule has 9 nitrogen and oxygen atoms in total. The smallest absolute Gasteiger partial charge is 0.345 e. The predicted octanol–water partition coefficient (Wildman–Crippen LogP) is 2.51. The molecule has 1 aliphatic rings. The molecule has 0 saturated heterocycles. The lowest BCUT2D eigenvalue weighted by atomic mass is 10.2. The first-order chi connectivity index (χ1) is 15.5. The van der Waals surface area contributed by atoms with Gasteiger partial charge >= 0.3 is 17.1 Å². The minimum atomic E-state index is -0.851. The minimum Gasteiger partial charge on any atom is -0.457 e. The van der Waals surface area contributed by atoms with Crippen LogP contribution in [0, 0.1) is 6.92 Å². The van der Waals surface area contributed by atoms with Gasteiger partial charge in [-0.05, 0) is 55.0 Å². The van der Waals surface area contributed by atoms with Crippen molar-refractivity contribution in [3.63, 3.8) is 0 Å². The molecule has 1 N–H and O–H groups in total. The van der Waals surface area contributed by atoms with Crippen molar-refractivity contribution in [2.75, 3.05) is 6.79 Å². The summed E-state index contributed by atoms with van der Waals surface area (Å²) in [4.78, 5) is 40.4. The van der Waals surface area contributed by atoms with Gasteiger partial charge in [-0.15, -0.1) is 0 Å². The Balaban J connectivity index is 1.59. The summed E-state index contributed by atoms with van der Waals surface area (Å²) in [6, 6.07) is 18.8. The molecule has 0 radical (unpaired) electrons. The molecule has 1 aliphatic heterocycles. The Labute approximate surface area is 180 Å². The van der Waals surface area contributed by atoms with E-state index in [0.717, 1.165) is 9.13 Å². The van der Waals surface area contributed by atoms with Gasteiger partial charge in [0.2, 0.25) is 6.79 Å². The fourth-order valence-electron chi connectivity index (χ4n) is 3.46. The highest BCUT2D eigenvalue weighted by atomic mass is 16.7. The van der Waals surface area contributed by atoms with E-state index in [1.807, 2.05) is 30.3 Å². The third-order valence-corrected chi connectivity index (χ3v) is 5.00. The van der Waals surface area contributed by atoms with E-state index in [4.69, 9.17) is 14.2 Å². The molecule has 0 spiro atoms. The van der Waals surface area contributed by atoms with Gasteiger partial charge in [0.15, 0.2) is 11.5 Å². The Morgan fingerprint density at radius 3 is 2.19 bits per heavy atom. The topological polar surface area (TPSA) is 105 Å². The van der Waals surface area contributed by atoms with Gasteiger partial charge in [0.25, 0.3) is 0 Å². The standard InChI is InChI=1S/C23H17N3O6/c1-14-11-15(7-9-18(14)32-17-5-3-2-4-6-17)25-21(27)24-22(28)26(23(25)29)16-8-10-19-20(12-16)31-13-30-19/h2-12H,13H2,1H3,(H,24,27,28). The van der Waals surface area contributed by atoms with E-state index in [-0.39, 0.29) is 12.5 Å². The van der Waals surface area contributed by atoms with Gasteiger partial charge in [0.1, 0.15) is 11.5 Å². The second-order valence-corrected chi connectivity index (χ2v) is 7.09. The normalized spacial score (nSPS) is 12.0. The van der Waals surface area contributed by atoms with E-state index in [2.05, 4.69) is 4.98 Å². The molecule has 0 amide bonds. The molecule has 0 atom stereocenters. The van der Waals surface area contributed by atoms with E-state index in [1.165, 1.54) is 6.07 Å². The largest absolute Gasteiger partial charge is 0.457 e. The van der Waals surface area contributed by atoms with Crippen LogP contribution in [0.1, 0.15) is 5.56 Å². The molecule has 0 fully saturated rings. The molecule has 0 bridgehead atoms. The molecule has 0 unspecified atom stereocenters.